The van der Waals surface area contributed by atoms with E-state index in [2.05, 4.69) is 5.32 Å². The molecular weight excluding hydrogens is 533 g/mol. The van der Waals surface area contributed by atoms with Gasteiger partial charge in [0.05, 0.1) is 11.4 Å². The lowest BCUT2D eigenvalue weighted by atomic mass is 10.1. The first-order valence-corrected chi connectivity index (χ1v) is 13.9. The number of nitrogens with zero attached hydrogens (tertiary/aromatic N) is 2. The first kappa shape index (κ1) is 28.9. The molecule has 3 aromatic carbocycles. The van der Waals surface area contributed by atoms with Crippen LogP contribution in [0.2, 0.25) is 10.0 Å². The molecule has 1 N–H and O–H groups in total. The molecule has 0 saturated heterocycles. The molecule has 0 aliphatic heterocycles. The van der Waals surface area contributed by atoms with Crippen LogP contribution in [0.1, 0.15) is 33.3 Å². The topological polar surface area (TPSA) is 86.8 Å². The zero-order valence-corrected chi connectivity index (χ0v) is 23.8. The maximum atomic E-state index is 13.5. The monoisotopic (exact) mass is 563 g/mol. The molecule has 0 bridgehead atoms. The highest BCUT2D eigenvalue weighted by Crippen LogP contribution is 2.25. The van der Waals surface area contributed by atoms with Crippen LogP contribution in [0.15, 0.2) is 65.6 Å². The fraction of sp³-hybridized carbons (Fsp3) is 0.333. The van der Waals surface area contributed by atoms with Crippen molar-refractivity contribution in [2.75, 3.05) is 13.6 Å². The van der Waals surface area contributed by atoms with Gasteiger partial charge in [-0.05, 0) is 68.3 Å². The Labute approximate surface area is 228 Å². The van der Waals surface area contributed by atoms with Crippen molar-refractivity contribution in [3.63, 3.8) is 0 Å². The van der Waals surface area contributed by atoms with E-state index in [1.54, 1.807) is 37.3 Å². The standard InChI is InChI=1S/C27H31Cl2N3O4S/c1-18(26(34)30-27(2,3)4)32(16-21-10-12-22(28)15-24(21)29)25(33)17-31(5)37(35,36)23-13-11-19-8-6-7-9-20(19)14-23/h6-15,18H,16-17H2,1-5H3,(H,30,34)/t18-/m1/s1. The van der Waals surface area contributed by atoms with Gasteiger partial charge in [0.2, 0.25) is 21.8 Å². The summed E-state index contributed by atoms with van der Waals surface area (Å²) in [7, 11) is -2.64. The lowest BCUT2D eigenvalue weighted by Gasteiger charge is -2.32. The van der Waals surface area contributed by atoms with E-state index in [4.69, 9.17) is 23.2 Å². The molecule has 0 fully saturated rings. The van der Waals surface area contributed by atoms with Crippen molar-refractivity contribution in [1.29, 1.82) is 0 Å². The minimum Gasteiger partial charge on any atom is -0.350 e. The fourth-order valence-electron chi connectivity index (χ4n) is 3.76. The number of carbonyl (C=O) groups excluding carboxylic acids is 2. The van der Waals surface area contributed by atoms with Crippen LogP contribution in [0.4, 0.5) is 0 Å². The quantitative estimate of drug-likeness (QED) is 0.413. The molecule has 37 heavy (non-hydrogen) atoms. The van der Waals surface area contributed by atoms with Gasteiger partial charge in [-0.15, -0.1) is 0 Å². The summed E-state index contributed by atoms with van der Waals surface area (Å²) < 4.78 is 27.6. The summed E-state index contributed by atoms with van der Waals surface area (Å²) in [5.41, 5.74) is 0.0589. The zero-order valence-electron chi connectivity index (χ0n) is 21.5. The Morgan fingerprint density at radius 3 is 2.24 bits per heavy atom. The van der Waals surface area contributed by atoms with Crippen LogP contribution in [0.3, 0.4) is 0 Å². The largest absolute Gasteiger partial charge is 0.350 e. The smallest absolute Gasteiger partial charge is 0.243 e. The number of hydrogen-bond acceptors (Lipinski definition) is 4. The second-order valence-corrected chi connectivity index (χ2v) is 12.8. The van der Waals surface area contributed by atoms with Gasteiger partial charge in [-0.2, -0.15) is 4.31 Å². The van der Waals surface area contributed by atoms with Crippen LogP contribution in [0, 0.1) is 0 Å². The summed E-state index contributed by atoms with van der Waals surface area (Å²) in [6.45, 7) is 6.64. The highest BCUT2D eigenvalue weighted by atomic mass is 35.5. The average molecular weight is 565 g/mol. The van der Waals surface area contributed by atoms with Gasteiger partial charge in [0, 0.05) is 29.2 Å². The second kappa shape index (κ2) is 11.4. The Hall–Kier alpha value is -2.65. The van der Waals surface area contributed by atoms with Crippen LogP contribution >= 0.6 is 23.2 Å². The van der Waals surface area contributed by atoms with E-state index < -0.39 is 34.1 Å². The van der Waals surface area contributed by atoms with Crippen molar-refractivity contribution in [3.05, 3.63) is 76.3 Å². The first-order valence-electron chi connectivity index (χ1n) is 11.7. The van der Waals surface area contributed by atoms with Gasteiger partial charge in [0.15, 0.2) is 0 Å². The molecule has 0 aromatic heterocycles. The molecule has 2 amide bonds. The fourth-order valence-corrected chi connectivity index (χ4v) is 5.39. The Bertz CT molecular complexity index is 1420. The summed E-state index contributed by atoms with van der Waals surface area (Å²) in [4.78, 5) is 27.9. The van der Waals surface area contributed by atoms with Crippen molar-refractivity contribution in [1.82, 2.24) is 14.5 Å². The Morgan fingerprint density at radius 2 is 1.62 bits per heavy atom. The van der Waals surface area contributed by atoms with Gasteiger partial charge in [-0.25, -0.2) is 8.42 Å². The molecule has 0 heterocycles. The molecule has 3 aromatic rings. The number of rotatable bonds is 8. The highest BCUT2D eigenvalue weighted by Gasteiger charge is 2.32. The molecule has 0 unspecified atom stereocenters. The van der Waals surface area contributed by atoms with Gasteiger partial charge >= 0.3 is 0 Å². The molecule has 0 aliphatic rings. The third kappa shape index (κ3) is 7.23. The number of amides is 2. The van der Waals surface area contributed by atoms with Crippen molar-refractivity contribution in [2.45, 2.75) is 50.7 Å². The Balaban J connectivity index is 1.89. The van der Waals surface area contributed by atoms with E-state index >= 15 is 0 Å². The lowest BCUT2D eigenvalue weighted by molar-refractivity contribution is -0.141. The maximum absolute atomic E-state index is 13.5. The molecule has 0 aliphatic carbocycles. The van der Waals surface area contributed by atoms with E-state index in [9.17, 15) is 18.0 Å². The van der Waals surface area contributed by atoms with Crippen molar-refractivity contribution in [3.8, 4) is 0 Å². The molecule has 0 spiro atoms. The van der Waals surface area contributed by atoms with Crippen molar-refractivity contribution >= 4 is 55.8 Å². The predicted molar refractivity (Wildman–Crippen MR) is 148 cm³/mol. The molecule has 7 nitrogen and oxygen atoms in total. The summed E-state index contributed by atoms with van der Waals surface area (Å²) in [6, 6.07) is 16.2. The number of halogens is 2. The molecule has 3 rings (SSSR count). The number of fused-ring (bicyclic) bond motifs is 1. The van der Waals surface area contributed by atoms with E-state index in [1.807, 2.05) is 45.0 Å². The van der Waals surface area contributed by atoms with Gasteiger partial charge in [-0.1, -0.05) is 59.6 Å². The van der Waals surface area contributed by atoms with Gasteiger partial charge in [-0.3, -0.25) is 9.59 Å². The molecule has 0 saturated carbocycles. The SMILES string of the molecule is C[C@H](C(=O)NC(C)(C)C)N(Cc1ccc(Cl)cc1Cl)C(=O)CN(C)S(=O)(=O)c1ccc2ccccc2c1. The van der Waals surface area contributed by atoms with Gasteiger partial charge in [0.25, 0.3) is 0 Å². The van der Waals surface area contributed by atoms with Gasteiger partial charge < -0.3 is 10.2 Å². The summed E-state index contributed by atoms with van der Waals surface area (Å²) in [6.07, 6.45) is 0. The van der Waals surface area contributed by atoms with Crippen LogP contribution in [0.25, 0.3) is 10.8 Å². The van der Waals surface area contributed by atoms with Crippen molar-refractivity contribution < 1.29 is 18.0 Å². The first-order chi connectivity index (χ1) is 17.2. The molecule has 198 valence electrons. The van der Waals surface area contributed by atoms with Crippen LogP contribution in [0.5, 0.6) is 0 Å². The van der Waals surface area contributed by atoms with Crippen molar-refractivity contribution in [2.24, 2.45) is 0 Å². The molecule has 10 heteroatoms. The highest BCUT2D eigenvalue weighted by molar-refractivity contribution is 7.89. The Morgan fingerprint density at radius 1 is 0.973 bits per heavy atom. The number of benzene rings is 3. The summed E-state index contributed by atoms with van der Waals surface area (Å²) in [5, 5.41) is 5.33. The van der Waals surface area contributed by atoms with E-state index in [0.717, 1.165) is 15.1 Å². The number of hydrogen-bond donors (Lipinski definition) is 1. The van der Waals surface area contributed by atoms with E-state index in [0.29, 0.717) is 15.6 Å². The Kier molecular flexibility index (Phi) is 8.90. The average Bonchev–Trinajstić information content (AvgIpc) is 2.81. The second-order valence-electron chi connectivity index (χ2n) is 9.94. The van der Waals surface area contributed by atoms with Gasteiger partial charge in [0.1, 0.15) is 6.04 Å². The number of sulfonamides is 1. The van der Waals surface area contributed by atoms with Crippen LogP contribution < -0.4 is 5.32 Å². The van der Waals surface area contributed by atoms with E-state index in [-0.39, 0.29) is 17.3 Å². The minimum absolute atomic E-state index is 0.00255. The minimum atomic E-state index is -3.98. The summed E-state index contributed by atoms with van der Waals surface area (Å²) >= 11 is 12.4. The van der Waals surface area contributed by atoms with Crippen LogP contribution in [-0.4, -0.2) is 54.6 Å². The maximum Gasteiger partial charge on any atom is 0.243 e. The third-order valence-corrected chi connectivity index (χ3v) is 8.19. The van der Waals surface area contributed by atoms with Crippen LogP contribution in [-0.2, 0) is 26.2 Å². The molecule has 1 atom stereocenters. The zero-order chi connectivity index (χ0) is 27.5. The van der Waals surface area contributed by atoms with E-state index in [1.165, 1.54) is 18.0 Å². The third-order valence-electron chi connectivity index (χ3n) is 5.81. The number of likely N-dealkylation sites (N-methyl/N-ethyl adjacent to an activating group) is 1. The molecule has 0 radical (unpaired) electrons. The lowest BCUT2D eigenvalue weighted by Crippen LogP contribution is -2.54. The number of carbonyl (C=O) groups is 2. The summed E-state index contributed by atoms with van der Waals surface area (Å²) in [5.74, 6) is -0.916. The normalized spacial score (nSPS) is 13.0. The predicted octanol–water partition coefficient (Wildman–Crippen LogP) is 5.10. The number of nitrogens with one attached hydrogen (secondary N) is 1. The molecular formula is C27H31Cl2N3O4S.